The van der Waals surface area contributed by atoms with E-state index in [1.54, 1.807) is 0 Å². The van der Waals surface area contributed by atoms with Gasteiger partial charge < -0.3 is 19.0 Å². The van der Waals surface area contributed by atoms with Crippen molar-refractivity contribution in [2.45, 2.75) is 104 Å². The summed E-state index contributed by atoms with van der Waals surface area (Å²) in [6, 6.07) is 0. The first kappa shape index (κ1) is 38.1. The SMILES string of the molecule is C1CCOC1.C1CCOC1.C[SiH](C)[C-]([SiH](C)C)[SiH](C)C.C[SiH](C)[C-]([SiH](C)C)[SiH](C)C.[Sm]. The van der Waals surface area contributed by atoms with Crippen LogP contribution in [0.2, 0.25) is 78.6 Å². The van der Waals surface area contributed by atoms with Crippen LogP contribution >= 0.6 is 0 Å². The minimum absolute atomic E-state index is 0. The zero-order chi connectivity index (χ0) is 23.7. The molecule has 0 atom stereocenters. The Morgan fingerprint density at radius 1 is 0.387 bits per heavy atom. The molecule has 2 heterocycles. The Morgan fingerprint density at radius 3 is 0.581 bits per heavy atom. The largest absolute Gasteiger partial charge is 0.381 e. The van der Waals surface area contributed by atoms with E-state index >= 15 is 0 Å². The Bertz CT molecular complexity index is 277. The number of ether oxygens (including phenoxy) is 2. The third-order valence-electron chi connectivity index (χ3n) is 5.65. The molecule has 0 saturated carbocycles. The monoisotopic (exact) mass is 674 g/mol. The molecule has 0 aliphatic carbocycles. The summed E-state index contributed by atoms with van der Waals surface area (Å²) in [4.78, 5) is 4.22. The zero-order valence-corrected chi connectivity index (χ0v) is 32.9. The van der Waals surface area contributed by atoms with Crippen LogP contribution in [0.3, 0.4) is 0 Å². The van der Waals surface area contributed by atoms with E-state index in [-0.39, 0.29) is 93.2 Å². The van der Waals surface area contributed by atoms with Crippen molar-refractivity contribution in [3.05, 3.63) is 9.58 Å². The zero-order valence-electron chi connectivity index (χ0n) is 23.3. The van der Waals surface area contributed by atoms with Crippen LogP contribution in [0, 0.1) is 50.0 Å². The van der Waals surface area contributed by atoms with Crippen molar-refractivity contribution >= 4 is 52.8 Å². The van der Waals surface area contributed by atoms with Gasteiger partial charge in [0.2, 0.25) is 0 Å². The second-order valence-electron chi connectivity index (χ2n) is 10.6. The van der Waals surface area contributed by atoms with Gasteiger partial charge in [-0.1, -0.05) is 78.6 Å². The summed E-state index contributed by atoms with van der Waals surface area (Å²) in [5.41, 5.74) is 0. The Balaban J connectivity index is -0.000000348. The maximum atomic E-state index is 4.94. The molecule has 0 N–H and O–H groups in total. The van der Waals surface area contributed by atoms with Crippen LogP contribution in [-0.2, 0) is 9.47 Å². The standard InChI is InChI=1S/2C7H21Si3.2C4H8O.Sm/c2*1-8(2)7(9(3)4)10(5)6;2*1-2-4-5-3-1;/h2*8-10H,1-6H3;2*1-4H2;/q2*-1;;;. The molecular formula is C22H58O2Si6Sm-2. The van der Waals surface area contributed by atoms with Crippen LogP contribution in [0.15, 0.2) is 0 Å². The Labute approximate surface area is 240 Å². The molecular weight excluding hydrogens is 615 g/mol. The van der Waals surface area contributed by atoms with Crippen LogP contribution in [0.5, 0.6) is 0 Å². The van der Waals surface area contributed by atoms with Gasteiger partial charge in [0.05, 0.1) is 0 Å². The van der Waals surface area contributed by atoms with Crippen molar-refractivity contribution in [3.8, 4) is 0 Å². The topological polar surface area (TPSA) is 18.5 Å². The first-order valence-electron chi connectivity index (χ1n) is 12.8. The molecule has 31 heavy (non-hydrogen) atoms. The van der Waals surface area contributed by atoms with E-state index in [2.05, 4.69) is 88.1 Å². The number of hydrogen-bond donors (Lipinski definition) is 0. The van der Waals surface area contributed by atoms with Gasteiger partial charge in [-0.3, -0.25) is 0 Å². The summed E-state index contributed by atoms with van der Waals surface area (Å²) >= 11 is 0. The molecule has 2 aliphatic heterocycles. The van der Waals surface area contributed by atoms with Gasteiger partial charge in [-0.15, -0.1) is 52.8 Å². The van der Waals surface area contributed by atoms with E-state index in [0.29, 0.717) is 0 Å². The molecule has 0 spiro atoms. The fraction of sp³-hybridized carbons (Fsp3) is 0.909. The smallest absolute Gasteiger partial charge is 0.0466 e. The molecule has 9 heteroatoms. The summed E-state index contributed by atoms with van der Waals surface area (Å²) in [6.45, 7) is 33.9. The molecule has 2 fully saturated rings. The van der Waals surface area contributed by atoms with E-state index in [1.165, 1.54) is 25.7 Å². The summed E-state index contributed by atoms with van der Waals surface area (Å²) < 4.78 is 9.89. The molecule has 2 aliphatic rings. The molecule has 0 amide bonds. The quantitative estimate of drug-likeness (QED) is 0.296. The van der Waals surface area contributed by atoms with Crippen molar-refractivity contribution in [2.24, 2.45) is 0 Å². The molecule has 190 valence electrons. The van der Waals surface area contributed by atoms with Crippen molar-refractivity contribution in [1.29, 1.82) is 0 Å². The summed E-state index contributed by atoms with van der Waals surface area (Å²) in [6.07, 6.45) is 5.11. The average Bonchev–Trinajstić information content (AvgIpc) is 3.32. The minimum atomic E-state index is -0.361. The summed E-state index contributed by atoms with van der Waals surface area (Å²) in [5, 5.41) is 0. The second kappa shape index (κ2) is 24.3. The van der Waals surface area contributed by atoms with Gasteiger partial charge in [0.25, 0.3) is 0 Å². The van der Waals surface area contributed by atoms with E-state index in [1.807, 2.05) is 0 Å². The predicted molar refractivity (Wildman–Crippen MR) is 160 cm³/mol. The third kappa shape index (κ3) is 22.7. The molecule has 0 aromatic rings. The van der Waals surface area contributed by atoms with Crippen molar-refractivity contribution in [3.63, 3.8) is 0 Å². The maximum Gasteiger partial charge on any atom is 0.0466 e. The molecule has 2 nitrogen and oxygen atoms in total. The van der Waals surface area contributed by atoms with Gasteiger partial charge in [0.1, 0.15) is 0 Å². The van der Waals surface area contributed by atoms with Crippen molar-refractivity contribution in [1.82, 2.24) is 0 Å². The Morgan fingerprint density at radius 2 is 0.548 bits per heavy atom. The molecule has 0 bridgehead atoms. The predicted octanol–water partition coefficient (Wildman–Crippen LogP) is 4.87. The molecule has 0 radical (unpaired) electrons. The summed E-state index contributed by atoms with van der Waals surface area (Å²) in [5.74, 6) is 0. The molecule has 2 saturated heterocycles. The van der Waals surface area contributed by atoms with Crippen LogP contribution in [0.25, 0.3) is 0 Å². The second-order valence-corrected chi connectivity index (χ2v) is 32.4. The minimum Gasteiger partial charge on any atom is -0.381 e. The van der Waals surface area contributed by atoms with Gasteiger partial charge in [-0.25, -0.2) is 0 Å². The van der Waals surface area contributed by atoms with Crippen LogP contribution < -0.4 is 0 Å². The molecule has 0 aromatic carbocycles. The Kier molecular flexibility index (Phi) is 29.8. The first-order chi connectivity index (χ1) is 13.9. The van der Waals surface area contributed by atoms with Crippen LogP contribution in [-0.4, -0.2) is 79.2 Å². The number of hydrogen-bond acceptors (Lipinski definition) is 2. The van der Waals surface area contributed by atoms with Crippen LogP contribution in [0.1, 0.15) is 25.7 Å². The van der Waals surface area contributed by atoms with E-state index in [4.69, 9.17) is 9.47 Å². The van der Waals surface area contributed by atoms with Gasteiger partial charge >= 0.3 is 0 Å². The molecule has 2 rings (SSSR count). The van der Waals surface area contributed by atoms with E-state index < -0.39 is 0 Å². The van der Waals surface area contributed by atoms with Gasteiger partial charge in [-0.05, 0) is 25.7 Å². The normalized spacial score (nSPS) is 15.9. The fourth-order valence-electron chi connectivity index (χ4n) is 5.02. The van der Waals surface area contributed by atoms with Crippen LogP contribution in [0.4, 0.5) is 0 Å². The molecule has 0 unspecified atom stereocenters. The number of rotatable bonds is 6. The maximum absolute atomic E-state index is 4.94. The van der Waals surface area contributed by atoms with Gasteiger partial charge in [0, 0.05) is 66.8 Å². The fourth-order valence-corrected chi connectivity index (χ4v) is 37.0. The summed E-state index contributed by atoms with van der Waals surface area (Å²) in [7, 11) is -2.17. The average molecular weight is 674 g/mol. The van der Waals surface area contributed by atoms with E-state index in [0.717, 1.165) is 26.4 Å². The van der Waals surface area contributed by atoms with Gasteiger partial charge in [-0.2, -0.15) is 0 Å². The Hall–Kier alpha value is 2.56. The van der Waals surface area contributed by atoms with Gasteiger partial charge in [0.15, 0.2) is 0 Å². The third-order valence-corrected chi connectivity index (χ3v) is 37.7. The molecule has 0 aromatic heterocycles. The first-order valence-corrected chi connectivity index (χ1v) is 30.1. The van der Waals surface area contributed by atoms with E-state index in [9.17, 15) is 0 Å². The van der Waals surface area contributed by atoms with Crippen molar-refractivity contribution < 1.29 is 49.9 Å². The van der Waals surface area contributed by atoms with Crippen molar-refractivity contribution in [2.75, 3.05) is 26.4 Å².